The number of hydrogen-bond acceptors (Lipinski definition) is 6. The Morgan fingerprint density at radius 2 is 1.77 bits per heavy atom. The van der Waals surface area contributed by atoms with E-state index < -0.39 is 5.82 Å². The fourth-order valence-corrected chi connectivity index (χ4v) is 4.99. The predicted octanol–water partition coefficient (Wildman–Crippen LogP) is 5.81. The van der Waals surface area contributed by atoms with Crippen LogP contribution < -0.4 is 5.32 Å². The highest BCUT2D eigenvalue weighted by Gasteiger charge is 2.25. The summed E-state index contributed by atoms with van der Waals surface area (Å²) >= 11 is 0. The van der Waals surface area contributed by atoms with Gasteiger partial charge < -0.3 is 15.4 Å². The van der Waals surface area contributed by atoms with Gasteiger partial charge in [-0.05, 0) is 48.7 Å². The van der Waals surface area contributed by atoms with Gasteiger partial charge in [-0.25, -0.2) is 9.37 Å². The molecule has 0 radical (unpaired) electrons. The first kappa shape index (κ1) is 23.0. The SMILES string of the molecule is O=C(Nc1cncc(-c2cnc3[nH]nc(-c4cc5c(-c6cc(O)cc(F)c6)cncc5[nH]4)c3c2)c1)C1CCC1. The van der Waals surface area contributed by atoms with Crippen molar-refractivity contribution in [1.29, 1.82) is 0 Å². The van der Waals surface area contributed by atoms with E-state index in [2.05, 4.69) is 35.5 Å². The molecule has 1 amide bonds. The molecule has 39 heavy (non-hydrogen) atoms. The summed E-state index contributed by atoms with van der Waals surface area (Å²) < 4.78 is 14.0. The van der Waals surface area contributed by atoms with Crippen LogP contribution in [0.2, 0.25) is 0 Å². The number of carbonyl (C=O) groups is 1. The molecule has 5 aromatic heterocycles. The molecule has 4 N–H and O–H groups in total. The summed E-state index contributed by atoms with van der Waals surface area (Å²) in [4.78, 5) is 28.9. The average Bonchev–Trinajstić information content (AvgIpc) is 3.50. The number of amides is 1. The van der Waals surface area contributed by atoms with E-state index in [0.717, 1.165) is 58.4 Å². The van der Waals surface area contributed by atoms with Crippen molar-refractivity contribution in [2.24, 2.45) is 5.92 Å². The molecule has 0 atom stereocenters. The average molecular weight is 520 g/mol. The Bertz CT molecular complexity index is 1870. The molecule has 0 aliphatic heterocycles. The van der Waals surface area contributed by atoms with Crippen molar-refractivity contribution < 1.29 is 14.3 Å². The van der Waals surface area contributed by atoms with Gasteiger partial charge in [0.25, 0.3) is 0 Å². The molecule has 1 aliphatic rings. The molecule has 0 unspecified atom stereocenters. The normalized spacial score (nSPS) is 13.6. The lowest BCUT2D eigenvalue weighted by Gasteiger charge is -2.24. The van der Waals surface area contributed by atoms with Crippen LogP contribution in [0.1, 0.15) is 19.3 Å². The van der Waals surface area contributed by atoms with Crippen molar-refractivity contribution in [2.45, 2.75) is 19.3 Å². The topological polar surface area (TPSA) is 132 Å². The van der Waals surface area contributed by atoms with Crippen LogP contribution in [0.4, 0.5) is 10.1 Å². The number of nitrogens with one attached hydrogen (secondary N) is 3. The van der Waals surface area contributed by atoms with Crippen LogP contribution in [-0.2, 0) is 4.79 Å². The Morgan fingerprint density at radius 3 is 2.59 bits per heavy atom. The maximum atomic E-state index is 14.0. The highest BCUT2D eigenvalue weighted by molar-refractivity contribution is 6.01. The van der Waals surface area contributed by atoms with Gasteiger partial charge >= 0.3 is 0 Å². The molecule has 0 saturated heterocycles. The monoisotopic (exact) mass is 519 g/mol. The van der Waals surface area contributed by atoms with Gasteiger partial charge in [-0.2, -0.15) is 5.10 Å². The standard InChI is InChI=1S/C29H22FN7O2/c30-19-4-16(6-21(38)8-19)24-13-32-14-26-22(24)9-25(35-26)27-23-7-18(11-33-28(23)37-36-27)17-5-20(12-31-10-17)34-29(39)15-2-1-3-15/h4-15,35,38H,1-3H2,(H,34,39)(H,33,36,37). The smallest absolute Gasteiger partial charge is 0.227 e. The molecule has 7 rings (SSSR count). The summed E-state index contributed by atoms with van der Waals surface area (Å²) in [6.45, 7) is 0. The summed E-state index contributed by atoms with van der Waals surface area (Å²) in [6, 6.07) is 9.72. The second kappa shape index (κ2) is 9.02. The number of phenols is 1. The number of fused-ring (bicyclic) bond motifs is 2. The molecule has 0 bridgehead atoms. The molecule has 9 nitrogen and oxygen atoms in total. The van der Waals surface area contributed by atoms with Crippen molar-refractivity contribution in [3.63, 3.8) is 0 Å². The number of benzene rings is 1. The van der Waals surface area contributed by atoms with E-state index in [1.807, 2.05) is 18.2 Å². The zero-order valence-corrected chi connectivity index (χ0v) is 20.6. The molecular weight excluding hydrogens is 497 g/mol. The fourth-order valence-electron chi connectivity index (χ4n) is 4.99. The van der Waals surface area contributed by atoms with E-state index in [-0.39, 0.29) is 17.6 Å². The number of phenolic OH excluding ortho intramolecular Hbond substituents is 1. The Hall–Kier alpha value is -5.12. The van der Waals surface area contributed by atoms with Gasteiger partial charge in [-0.15, -0.1) is 0 Å². The van der Waals surface area contributed by atoms with E-state index in [0.29, 0.717) is 28.2 Å². The Kier molecular flexibility index (Phi) is 5.32. The van der Waals surface area contributed by atoms with Crippen LogP contribution in [0.3, 0.4) is 0 Å². The maximum Gasteiger partial charge on any atom is 0.227 e. The van der Waals surface area contributed by atoms with E-state index in [1.165, 1.54) is 12.1 Å². The number of aromatic hydroxyl groups is 1. The summed E-state index contributed by atoms with van der Waals surface area (Å²) in [5, 5.41) is 22.0. The number of halogens is 1. The van der Waals surface area contributed by atoms with Crippen LogP contribution in [0.25, 0.3) is 55.6 Å². The third-order valence-electron chi connectivity index (χ3n) is 7.23. The zero-order valence-electron chi connectivity index (χ0n) is 20.6. The van der Waals surface area contributed by atoms with Gasteiger partial charge in [0, 0.05) is 58.0 Å². The van der Waals surface area contributed by atoms with Crippen LogP contribution in [0, 0.1) is 11.7 Å². The van der Waals surface area contributed by atoms with Gasteiger partial charge in [0.1, 0.15) is 17.3 Å². The quantitative estimate of drug-likeness (QED) is 0.227. The summed E-state index contributed by atoms with van der Waals surface area (Å²) in [5.41, 5.74) is 6.22. The van der Waals surface area contributed by atoms with Gasteiger partial charge in [0.2, 0.25) is 5.91 Å². The Balaban J connectivity index is 1.27. The number of nitrogens with zero attached hydrogens (tertiary/aromatic N) is 4. The van der Waals surface area contributed by atoms with Gasteiger partial charge in [0.05, 0.1) is 29.3 Å². The lowest BCUT2D eigenvalue weighted by Crippen LogP contribution is -2.28. The maximum absolute atomic E-state index is 14.0. The first-order chi connectivity index (χ1) is 19.0. The Labute approximate surface area is 221 Å². The number of aromatic amines is 2. The number of aromatic nitrogens is 6. The lowest BCUT2D eigenvalue weighted by atomic mass is 9.85. The number of anilines is 1. The number of carbonyl (C=O) groups excluding carboxylic acids is 1. The molecule has 6 aromatic rings. The minimum atomic E-state index is -0.532. The molecule has 10 heteroatoms. The molecule has 1 saturated carbocycles. The third kappa shape index (κ3) is 4.15. The fraction of sp³-hybridized carbons (Fsp3) is 0.138. The molecule has 1 fully saturated rings. The molecule has 0 spiro atoms. The summed E-state index contributed by atoms with van der Waals surface area (Å²) in [5.74, 6) is -0.572. The van der Waals surface area contributed by atoms with E-state index >= 15 is 0 Å². The second-order valence-electron chi connectivity index (χ2n) is 9.80. The van der Waals surface area contributed by atoms with Crippen LogP contribution >= 0.6 is 0 Å². The number of pyridine rings is 3. The van der Waals surface area contributed by atoms with Crippen molar-refractivity contribution in [3.05, 3.63) is 73.2 Å². The van der Waals surface area contributed by atoms with Crippen molar-refractivity contribution in [3.8, 4) is 39.4 Å². The largest absolute Gasteiger partial charge is 0.508 e. The van der Waals surface area contributed by atoms with Crippen molar-refractivity contribution in [2.75, 3.05) is 5.32 Å². The molecule has 192 valence electrons. The molecule has 1 aromatic carbocycles. The molecular formula is C29H22FN7O2. The van der Waals surface area contributed by atoms with Gasteiger partial charge in [-0.3, -0.25) is 19.9 Å². The van der Waals surface area contributed by atoms with Gasteiger partial charge in [-0.1, -0.05) is 6.42 Å². The van der Waals surface area contributed by atoms with E-state index in [4.69, 9.17) is 0 Å². The highest BCUT2D eigenvalue weighted by Crippen LogP contribution is 2.35. The number of rotatable bonds is 5. The van der Waals surface area contributed by atoms with E-state index in [1.54, 1.807) is 31.0 Å². The third-order valence-corrected chi connectivity index (χ3v) is 7.23. The second-order valence-corrected chi connectivity index (χ2v) is 9.80. The lowest BCUT2D eigenvalue weighted by molar-refractivity contribution is -0.122. The Morgan fingerprint density at radius 1 is 0.923 bits per heavy atom. The highest BCUT2D eigenvalue weighted by atomic mass is 19.1. The first-order valence-electron chi connectivity index (χ1n) is 12.6. The van der Waals surface area contributed by atoms with Crippen LogP contribution in [0.5, 0.6) is 5.75 Å². The molecule has 1 aliphatic carbocycles. The molecule has 5 heterocycles. The zero-order chi connectivity index (χ0) is 26.5. The number of hydrogen-bond donors (Lipinski definition) is 4. The van der Waals surface area contributed by atoms with Crippen molar-refractivity contribution in [1.82, 2.24) is 30.1 Å². The number of H-pyrrole nitrogens is 2. The minimum absolute atomic E-state index is 0.0343. The van der Waals surface area contributed by atoms with E-state index in [9.17, 15) is 14.3 Å². The van der Waals surface area contributed by atoms with Crippen molar-refractivity contribution >= 4 is 33.5 Å². The predicted molar refractivity (Wildman–Crippen MR) is 145 cm³/mol. The minimum Gasteiger partial charge on any atom is -0.508 e. The van der Waals surface area contributed by atoms with Gasteiger partial charge in [0.15, 0.2) is 5.65 Å². The summed E-state index contributed by atoms with van der Waals surface area (Å²) in [7, 11) is 0. The van der Waals surface area contributed by atoms with Crippen LogP contribution in [0.15, 0.2) is 67.4 Å². The first-order valence-corrected chi connectivity index (χ1v) is 12.6. The van der Waals surface area contributed by atoms with Crippen LogP contribution in [-0.4, -0.2) is 41.1 Å². The summed E-state index contributed by atoms with van der Waals surface area (Å²) in [6.07, 6.45) is 11.4.